The van der Waals surface area contributed by atoms with Crippen molar-refractivity contribution in [2.45, 2.75) is 65.5 Å². The van der Waals surface area contributed by atoms with Crippen LogP contribution in [-0.4, -0.2) is 113 Å². The van der Waals surface area contributed by atoms with E-state index < -0.39 is 18.1 Å². The van der Waals surface area contributed by atoms with Gasteiger partial charge in [-0.25, -0.2) is 0 Å². The highest BCUT2D eigenvalue weighted by molar-refractivity contribution is 5.97. The van der Waals surface area contributed by atoms with E-state index in [4.69, 9.17) is 30.4 Å². The average molecular weight is 666 g/mol. The van der Waals surface area contributed by atoms with Gasteiger partial charge in [0.15, 0.2) is 6.61 Å². The number of unbranched alkanes of at least 4 members (excludes halogenated alkanes) is 1. The average Bonchev–Trinajstić information content (AvgIpc) is 3.04. The van der Waals surface area contributed by atoms with E-state index >= 15 is 0 Å². The molecule has 1 aliphatic rings. The summed E-state index contributed by atoms with van der Waals surface area (Å²) in [6, 6.07) is 4.18. The number of benzene rings is 1. The number of aliphatic hydroxyl groups excluding tert-OH is 1. The first-order valence-electron chi connectivity index (χ1n) is 16.9. The minimum absolute atomic E-state index is 0.0277. The molecule has 1 saturated heterocycles. The first kappa shape index (κ1) is 40.2. The summed E-state index contributed by atoms with van der Waals surface area (Å²) in [5.74, 6) is -0.527. The van der Waals surface area contributed by atoms with E-state index in [2.05, 4.69) is 15.5 Å². The Labute approximate surface area is 280 Å². The van der Waals surface area contributed by atoms with Crippen LogP contribution < -0.4 is 31.6 Å². The van der Waals surface area contributed by atoms with Crippen LogP contribution in [0.15, 0.2) is 18.2 Å². The van der Waals surface area contributed by atoms with Crippen molar-refractivity contribution in [3.8, 4) is 11.5 Å². The third-order valence-corrected chi connectivity index (χ3v) is 8.58. The third-order valence-electron chi connectivity index (χ3n) is 8.58. The van der Waals surface area contributed by atoms with Gasteiger partial charge in [-0.05, 0) is 55.6 Å². The molecule has 0 aliphatic carbocycles. The molecule has 0 aromatic heterocycles. The molecule has 1 aromatic rings. The highest BCUT2D eigenvalue weighted by Crippen LogP contribution is 2.27. The first-order valence-corrected chi connectivity index (χ1v) is 16.9. The SMILES string of the molecule is COCCCCOc1cc(OCC(N)=O)ccc1C(=O)NC[C@@H](C[C@H](N)[C@@H](O)C[C@H](C(=O)NCCN1CCOCC1)C(C)C)C(C)C. The van der Waals surface area contributed by atoms with Crippen LogP contribution in [0.4, 0.5) is 0 Å². The molecule has 0 spiro atoms. The van der Waals surface area contributed by atoms with Crippen molar-refractivity contribution < 1.29 is 38.4 Å². The van der Waals surface area contributed by atoms with Gasteiger partial charge in [0.1, 0.15) is 11.5 Å². The van der Waals surface area contributed by atoms with Crippen LogP contribution in [0.5, 0.6) is 11.5 Å². The van der Waals surface area contributed by atoms with Gasteiger partial charge in [-0.1, -0.05) is 27.7 Å². The Morgan fingerprint density at radius 2 is 1.70 bits per heavy atom. The number of primary amides is 1. The van der Waals surface area contributed by atoms with Gasteiger partial charge in [-0.3, -0.25) is 19.3 Å². The number of ether oxygens (including phenoxy) is 4. The van der Waals surface area contributed by atoms with Crippen LogP contribution >= 0.6 is 0 Å². The van der Waals surface area contributed by atoms with Crippen molar-refractivity contribution >= 4 is 17.7 Å². The molecule has 7 N–H and O–H groups in total. The van der Waals surface area contributed by atoms with Gasteiger partial charge >= 0.3 is 0 Å². The monoisotopic (exact) mass is 665 g/mol. The standard InChI is InChI=1S/C34H59N5O8/c1-23(2)25(18-29(35)30(40)20-28(24(3)4)34(43)37-10-11-39-12-16-45-17-13-39)21-38-33(42)27-9-8-26(47-22-32(36)41)19-31(27)46-15-7-6-14-44-5/h8-9,19,23-25,28-30,40H,6-7,10-18,20-22,35H2,1-5H3,(H2,36,41)(H,37,43)(H,38,42)/t25-,28+,29+,30+/m1/s1. The van der Waals surface area contributed by atoms with Crippen LogP contribution in [0.1, 0.15) is 63.7 Å². The van der Waals surface area contributed by atoms with Crippen molar-refractivity contribution in [3.05, 3.63) is 23.8 Å². The summed E-state index contributed by atoms with van der Waals surface area (Å²) in [4.78, 5) is 39.8. The summed E-state index contributed by atoms with van der Waals surface area (Å²) in [5.41, 5.74) is 12.0. The second-order valence-corrected chi connectivity index (χ2v) is 13.0. The smallest absolute Gasteiger partial charge is 0.255 e. The molecule has 2 rings (SSSR count). The van der Waals surface area contributed by atoms with Gasteiger partial charge in [0.25, 0.3) is 11.8 Å². The number of morpholine rings is 1. The van der Waals surface area contributed by atoms with E-state index in [-0.39, 0.29) is 48.5 Å². The number of carbonyl (C=O) groups excluding carboxylic acids is 3. The van der Waals surface area contributed by atoms with E-state index in [1.807, 2.05) is 27.7 Å². The minimum atomic E-state index is -0.879. The van der Waals surface area contributed by atoms with E-state index in [0.29, 0.717) is 63.0 Å². The van der Waals surface area contributed by atoms with Crippen molar-refractivity contribution in [3.63, 3.8) is 0 Å². The fourth-order valence-electron chi connectivity index (χ4n) is 5.41. The lowest BCUT2D eigenvalue weighted by Crippen LogP contribution is -2.45. The van der Waals surface area contributed by atoms with Crippen LogP contribution in [-0.2, 0) is 19.1 Å². The number of hydrogen-bond acceptors (Lipinski definition) is 10. The third kappa shape index (κ3) is 15.2. The van der Waals surface area contributed by atoms with Gasteiger partial charge in [-0.15, -0.1) is 0 Å². The molecule has 0 saturated carbocycles. The molecular weight excluding hydrogens is 606 g/mol. The van der Waals surface area contributed by atoms with Crippen molar-refractivity contribution in [1.82, 2.24) is 15.5 Å². The first-order chi connectivity index (χ1) is 22.4. The van der Waals surface area contributed by atoms with Gasteiger partial charge in [0, 0.05) is 64.5 Å². The topological polar surface area (TPSA) is 188 Å². The lowest BCUT2D eigenvalue weighted by atomic mass is 9.83. The van der Waals surface area contributed by atoms with Crippen molar-refractivity contribution in [2.75, 3.05) is 72.9 Å². The largest absolute Gasteiger partial charge is 0.493 e. The number of rotatable bonds is 23. The van der Waals surface area contributed by atoms with E-state index in [9.17, 15) is 19.5 Å². The number of carbonyl (C=O) groups is 3. The molecule has 1 fully saturated rings. The molecule has 0 unspecified atom stereocenters. The highest BCUT2D eigenvalue weighted by atomic mass is 16.5. The van der Waals surface area contributed by atoms with Crippen LogP contribution in [0.2, 0.25) is 0 Å². The quantitative estimate of drug-likeness (QED) is 0.107. The van der Waals surface area contributed by atoms with Crippen LogP contribution in [0, 0.1) is 23.7 Å². The molecule has 1 aliphatic heterocycles. The molecule has 1 heterocycles. The maximum absolute atomic E-state index is 13.3. The second-order valence-electron chi connectivity index (χ2n) is 13.0. The lowest BCUT2D eigenvalue weighted by molar-refractivity contribution is -0.127. The van der Waals surface area contributed by atoms with Gasteiger partial charge in [0.05, 0.1) is 31.5 Å². The summed E-state index contributed by atoms with van der Waals surface area (Å²) < 4.78 is 21.8. The number of methoxy groups -OCH3 is 1. The number of nitrogens with zero attached hydrogens (tertiary/aromatic N) is 1. The Morgan fingerprint density at radius 3 is 2.34 bits per heavy atom. The maximum Gasteiger partial charge on any atom is 0.255 e. The lowest BCUT2D eigenvalue weighted by Gasteiger charge is -2.30. The predicted octanol–water partition coefficient (Wildman–Crippen LogP) is 1.55. The highest BCUT2D eigenvalue weighted by Gasteiger charge is 2.30. The molecule has 13 heteroatoms. The van der Waals surface area contributed by atoms with E-state index in [0.717, 1.165) is 32.5 Å². The minimum Gasteiger partial charge on any atom is -0.493 e. The molecular formula is C34H59N5O8. The molecule has 13 nitrogen and oxygen atoms in total. The van der Waals surface area contributed by atoms with E-state index in [1.165, 1.54) is 0 Å². The van der Waals surface area contributed by atoms with Crippen molar-refractivity contribution in [1.29, 1.82) is 0 Å². The zero-order valence-corrected chi connectivity index (χ0v) is 29.0. The molecule has 47 heavy (non-hydrogen) atoms. The Bertz CT molecular complexity index is 1080. The van der Waals surface area contributed by atoms with Crippen molar-refractivity contribution in [2.24, 2.45) is 35.1 Å². The van der Waals surface area contributed by atoms with Crippen LogP contribution in [0.25, 0.3) is 0 Å². The molecule has 0 bridgehead atoms. The number of nitrogens with one attached hydrogen (secondary N) is 2. The number of amides is 3. The van der Waals surface area contributed by atoms with Crippen LogP contribution in [0.3, 0.4) is 0 Å². The van der Waals surface area contributed by atoms with Gasteiger partial charge < -0.3 is 46.2 Å². The zero-order valence-electron chi connectivity index (χ0n) is 29.0. The van der Waals surface area contributed by atoms with Gasteiger partial charge in [0.2, 0.25) is 5.91 Å². The molecule has 0 radical (unpaired) electrons. The number of aliphatic hydroxyl groups is 1. The Kier molecular flexibility index (Phi) is 18.7. The summed E-state index contributed by atoms with van der Waals surface area (Å²) in [5, 5.41) is 17.1. The number of nitrogens with two attached hydrogens (primary N) is 2. The predicted molar refractivity (Wildman–Crippen MR) is 180 cm³/mol. The Hall–Kier alpha value is -2.97. The fraction of sp³-hybridized carbons (Fsp3) is 0.735. The summed E-state index contributed by atoms with van der Waals surface area (Å²) in [7, 11) is 1.64. The Morgan fingerprint density at radius 1 is 1.00 bits per heavy atom. The molecule has 268 valence electrons. The fourth-order valence-corrected chi connectivity index (χ4v) is 5.41. The molecule has 1 aromatic carbocycles. The van der Waals surface area contributed by atoms with E-state index in [1.54, 1.807) is 25.3 Å². The number of hydrogen-bond donors (Lipinski definition) is 5. The van der Waals surface area contributed by atoms with Gasteiger partial charge in [-0.2, -0.15) is 0 Å². The maximum atomic E-state index is 13.3. The molecule has 4 atom stereocenters. The summed E-state index contributed by atoms with van der Waals surface area (Å²) in [6.45, 7) is 13.5. The second kappa shape index (κ2) is 21.8. The summed E-state index contributed by atoms with van der Waals surface area (Å²) in [6.07, 6.45) is 1.37. The summed E-state index contributed by atoms with van der Waals surface area (Å²) >= 11 is 0. The Balaban J connectivity index is 1.97. The normalized spacial score (nSPS) is 16.4. The zero-order chi connectivity index (χ0) is 34.8. The molecule has 3 amide bonds.